The second-order valence-corrected chi connectivity index (χ2v) is 12.9. The average molecular weight is 635 g/mol. The van der Waals surface area contributed by atoms with Crippen molar-refractivity contribution < 1.29 is 23.9 Å². The van der Waals surface area contributed by atoms with E-state index in [0.717, 1.165) is 12.8 Å². The van der Waals surface area contributed by atoms with E-state index in [9.17, 15) is 14.4 Å². The predicted octanol–water partition coefficient (Wildman–Crippen LogP) is 11.9. The average Bonchev–Trinajstić information content (AvgIpc) is 3.08. The van der Waals surface area contributed by atoms with Crippen LogP contribution in [0.5, 0.6) is 5.75 Å². The first kappa shape index (κ1) is 39.2. The maximum Gasteiger partial charge on any atom is 0.341 e. The van der Waals surface area contributed by atoms with Gasteiger partial charge in [-0.2, -0.15) is 0 Å². The van der Waals surface area contributed by atoms with Crippen molar-refractivity contribution in [2.24, 2.45) is 0 Å². The Bertz CT molecular complexity index is 1090. The van der Waals surface area contributed by atoms with Crippen molar-refractivity contribution in [3.05, 3.63) is 65.2 Å². The molecule has 2 aromatic carbocycles. The number of Topliss-reactive ketones (excluding diaryl/α,β-unsaturated/α-hetero) is 2. The molecule has 5 heteroatoms. The molecule has 0 aliphatic heterocycles. The van der Waals surface area contributed by atoms with Gasteiger partial charge in [0.05, 0.1) is 20.1 Å². The van der Waals surface area contributed by atoms with E-state index in [1.165, 1.54) is 142 Å². The van der Waals surface area contributed by atoms with Gasteiger partial charge in [-0.3, -0.25) is 9.59 Å². The van der Waals surface area contributed by atoms with Crippen molar-refractivity contribution >= 4 is 17.5 Å². The summed E-state index contributed by atoms with van der Waals surface area (Å²) in [4.78, 5) is 37.6. The van der Waals surface area contributed by atoms with Gasteiger partial charge in [0.25, 0.3) is 0 Å². The summed E-state index contributed by atoms with van der Waals surface area (Å²) in [5.74, 6) is -0.755. The fourth-order valence-corrected chi connectivity index (χ4v) is 5.97. The monoisotopic (exact) mass is 634 g/mol. The molecule has 0 aliphatic rings. The van der Waals surface area contributed by atoms with Crippen molar-refractivity contribution in [1.29, 1.82) is 0 Å². The minimum absolute atomic E-state index is 0.208. The fourth-order valence-electron chi connectivity index (χ4n) is 5.97. The lowest BCUT2D eigenvalue weighted by Gasteiger charge is -2.12. The molecule has 46 heavy (non-hydrogen) atoms. The third-order valence-electron chi connectivity index (χ3n) is 8.88. The summed E-state index contributed by atoms with van der Waals surface area (Å²) in [5.41, 5.74) is 0.991. The van der Waals surface area contributed by atoms with Gasteiger partial charge in [-0.25, -0.2) is 4.79 Å². The van der Waals surface area contributed by atoms with Crippen molar-refractivity contribution in [2.75, 3.05) is 13.7 Å². The van der Waals surface area contributed by atoms with E-state index >= 15 is 0 Å². The lowest BCUT2D eigenvalue weighted by atomic mass is 10.00. The van der Waals surface area contributed by atoms with Gasteiger partial charge in [0.2, 0.25) is 0 Å². The van der Waals surface area contributed by atoms with Gasteiger partial charge in [-0.05, 0) is 24.6 Å². The Labute approximate surface area is 280 Å². The molecule has 0 aliphatic carbocycles. The molecular formula is C41H62O5. The number of hydrogen-bond acceptors (Lipinski definition) is 5. The molecule has 0 heterocycles. The highest BCUT2D eigenvalue weighted by molar-refractivity contribution is 6.14. The lowest BCUT2D eigenvalue weighted by molar-refractivity contribution is 0.0595. The van der Waals surface area contributed by atoms with Crippen molar-refractivity contribution in [2.45, 2.75) is 155 Å². The SMILES string of the molecule is CCCCCCCCCCCCCCCCCCCCCCCCOc1ccc(C(=O)CC(=O)c2ccccc2)cc1C(=O)OC. The van der Waals surface area contributed by atoms with Crippen LogP contribution in [0.15, 0.2) is 48.5 Å². The molecule has 0 amide bonds. The van der Waals surface area contributed by atoms with Crippen LogP contribution in [0, 0.1) is 0 Å². The van der Waals surface area contributed by atoms with Gasteiger partial charge < -0.3 is 9.47 Å². The van der Waals surface area contributed by atoms with Gasteiger partial charge >= 0.3 is 5.97 Å². The first-order valence-electron chi connectivity index (χ1n) is 18.5. The van der Waals surface area contributed by atoms with Gasteiger partial charge in [0.15, 0.2) is 11.6 Å². The Morgan fingerprint density at radius 1 is 0.522 bits per heavy atom. The summed E-state index contributed by atoms with van der Waals surface area (Å²) in [7, 11) is 1.31. The molecule has 0 bridgehead atoms. The third kappa shape index (κ3) is 17.7. The van der Waals surface area contributed by atoms with Crippen molar-refractivity contribution in [1.82, 2.24) is 0 Å². The molecule has 0 fully saturated rings. The van der Waals surface area contributed by atoms with Crippen LogP contribution in [0.2, 0.25) is 0 Å². The van der Waals surface area contributed by atoms with Crippen LogP contribution in [0.4, 0.5) is 0 Å². The summed E-state index contributed by atoms with van der Waals surface area (Å²) in [6.07, 6.45) is 29.5. The van der Waals surface area contributed by atoms with E-state index in [-0.39, 0.29) is 23.6 Å². The zero-order chi connectivity index (χ0) is 33.1. The van der Waals surface area contributed by atoms with Crippen LogP contribution >= 0.6 is 0 Å². The number of ether oxygens (including phenoxy) is 2. The summed E-state index contributed by atoms with van der Waals surface area (Å²) in [5, 5.41) is 0. The molecule has 5 nitrogen and oxygen atoms in total. The fraction of sp³-hybridized carbons (Fsp3) is 0.634. The third-order valence-corrected chi connectivity index (χ3v) is 8.88. The number of benzene rings is 2. The minimum Gasteiger partial charge on any atom is -0.493 e. The number of carbonyl (C=O) groups is 3. The Morgan fingerprint density at radius 2 is 0.957 bits per heavy atom. The number of ketones is 2. The second kappa shape index (κ2) is 26.2. The van der Waals surface area contributed by atoms with Crippen molar-refractivity contribution in [3.8, 4) is 5.75 Å². The Kier molecular flexibility index (Phi) is 22.3. The first-order chi connectivity index (χ1) is 22.6. The maximum atomic E-state index is 12.8. The molecule has 0 radical (unpaired) electrons. The highest BCUT2D eigenvalue weighted by Gasteiger charge is 2.19. The van der Waals surface area contributed by atoms with Crippen LogP contribution in [-0.4, -0.2) is 31.3 Å². The van der Waals surface area contributed by atoms with Crippen LogP contribution in [0.3, 0.4) is 0 Å². The molecule has 0 atom stereocenters. The second-order valence-electron chi connectivity index (χ2n) is 12.9. The zero-order valence-electron chi connectivity index (χ0n) is 29.1. The van der Waals surface area contributed by atoms with E-state index in [1.807, 2.05) is 6.07 Å². The lowest BCUT2D eigenvalue weighted by Crippen LogP contribution is -2.12. The maximum absolute atomic E-state index is 12.8. The van der Waals surface area contributed by atoms with Crippen LogP contribution < -0.4 is 4.74 Å². The van der Waals surface area contributed by atoms with E-state index < -0.39 is 5.97 Å². The van der Waals surface area contributed by atoms with Crippen LogP contribution in [0.1, 0.15) is 186 Å². The molecule has 0 aromatic heterocycles. The summed E-state index contributed by atoms with van der Waals surface area (Å²) in [6, 6.07) is 13.4. The zero-order valence-corrected chi connectivity index (χ0v) is 29.1. The largest absolute Gasteiger partial charge is 0.493 e. The molecule has 0 spiro atoms. The number of hydrogen-bond donors (Lipinski definition) is 0. The molecule has 0 saturated carbocycles. The van der Waals surface area contributed by atoms with E-state index in [2.05, 4.69) is 6.92 Å². The Morgan fingerprint density at radius 3 is 1.41 bits per heavy atom. The molecule has 256 valence electrons. The summed E-state index contributed by atoms with van der Waals surface area (Å²) < 4.78 is 10.8. The minimum atomic E-state index is -0.562. The number of rotatable bonds is 29. The topological polar surface area (TPSA) is 69.7 Å². The smallest absolute Gasteiger partial charge is 0.341 e. The molecule has 0 N–H and O–H groups in total. The Hall–Kier alpha value is -2.95. The van der Waals surface area contributed by atoms with Crippen molar-refractivity contribution in [3.63, 3.8) is 0 Å². The normalized spacial score (nSPS) is 11.0. The van der Waals surface area contributed by atoms with Gasteiger partial charge in [0.1, 0.15) is 11.3 Å². The summed E-state index contributed by atoms with van der Waals surface area (Å²) in [6.45, 7) is 2.79. The standard InChI is InChI=1S/C41H62O5/c1-3-4-5-6-7-8-9-10-11-12-13-14-15-16-17-18-19-20-21-22-23-27-32-46-40-31-30-36(33-37(40)41(44)45-2)39(43)34-38(42)35-28-25-24-26-29-35/h24-26,28-31,33H,3-23,27,32,34H2,1-2H3. The highest BCUT2D eigenvalue weighted by Crippen LogP contribution is 2.23. The quantitative estimate of drug-likeness (QED) is 0.0385. The number of methoxy groups -OCH3 is 1. The van der Waals surface area contributed by atoms with Crippen LogP contribution in [0.25, 0.3) is 0 Å². The van der Waals surface area contributed by atoms with Gasteiger partial charge in [0, 0.05) is 11.1 Å². The number of esters is 1. The summed E-state index contributed by atoms with van der Waals surface area (Å²) >= 11 is 0. The van der Waals surface area contributed by atoms with Gasteiger partial charge in [-0.15, -0.1) is 0 Å². The van der Waals surface area contributed by atoms with E-state index in [1.54, 1.807) is 36.4 Å². The molecule has 0 saturated heterocycles. The number of carbonyl (C=O) groups excluding carboxylic acids is 3. The predicted molar refractivity (Wildman–Crippen MR) is 190 cm³/mol. The van der Waals surface area contributed by atoms with E-state index in [0.29, 0.717) is 23.5 Å². The first-order valence-corrected chi connectivity index (χ1v) is 18.5. The van der Waals surface area contributed by atoms with E-state index in [4.69, 9.17) is 9.47 Å². The molecule has 0 unspecified atom stereocenters. The highest BCUT2D eigenvalue weighted by atomic mass is 16.5. The molecule has 2 aromatic rings. The number of unbranched alkanes of at least 4 members (excludes halogenated alkanes) is 21. The van der Waals surface area contributed by atoms with Crippen LogP contribution in [-0.2, 0) is 4.74 Å². The molecular weight excluding hydrogens is 572 g/mol. The van der Waals surface area contributed by atoms with Gasteiger partial charge in [-0.1, -0.05) is 172 Å². The Balaban J connectivity index is 1.47. The molecule has 2 rings (SSSR count).